The molecule has 0 fully saturated rings. The van der Waals surface area contributed by atoms with Crippen LogP contribution in [0.1, 0.15) is 23.4 Å². The van der Waals surface area contributed by atoms with Crippen molar-refractivity contribution in [2.45, 2.75) is 19.5 Å². The summed E-state index contributed by atoms with van der Waals surface area (Å²) < 4.78 is 6.26. The van der Waals surface area contributed by atoms with Crippen molar-refractivity contribution >= 4 is 27.3 Å². The molecule has 2 nitrogen and oxygen atoms in total. The second kappa shape index (κ2) is 6.55. The topological polar surface area (TPSA) is 12.5 Å². The van der Waals surface area contributed by atoms with Crippen LogP contribution in [-0.4, -0.2) is 19.1 Å². The molecule has 1 aromatic carbocycles. The fourth-order valence-electron chi connectivity index (χ4n) is 1.98. The predicted octanol–water partition coefficient (Wildman–Crippen LogP) is 4.71. The third-order valence-electron chi connectivity index (χ3n) is 3.26. The van der Waals surface area contributed by atoms with E-state index in [1.807, 2.05) is 17.4 Å². The van der Waals surface area contributed by atoms with Gasteiger partial charge in [0.15, 0.2) is 0 Å². The Morgan fingerprint density at radius 3 is 2.74 bits per heavy atom. The van der Waals surface area contributed by atoms with Crippen molar-refractivity contribution in [3.63, 3.8) is 0 Å². The number of hydrogen-bond donors (Lipinski definition) is 0. The standard InChI is InChI=1S/C15H18BrNOS/c1-11(15-5-4-8-19-15)17(2)10-12-6-7-14(18-3)13(16)9-12/h4-9,11H,10H2,1-3H3. The number of thiophene rings is 1. The molecule has 1 unspecified atom stereocenters. The van der Waals surface area contributed by atoms with Crippen LogP contribution in [0.2, 0.25) is 0 Å². The number of rotatable bonds is 5. The molecule has 4 heteroatoms. The molecule has 0 aliphatic carbocycles. The Bertz CT molecular complexity index is 527. The van der Waals surface area contributed by atoms with Gasteiger partial charge in [-0.15, -0.1) is 11.3 Å². The van der Waals surface area contributed by atoms with E-state index < -0.39 is 0 Å². The lowest BCUT2D eigenvalue weighted by Crippen LogP contribution is -2.21. The summed E-state index contributed by atoms with van der Waals surface area (Å²) in [5, 5.41) is 2.13. The van der Waals surface area contributed by atoms with Crippen LogP contribution in [0.5, 0.6) is 5.75 Å². The highest BCUT2D eigenvalue weighted by atomic mass is 79.9. The van der Waals surface area contributed by atoms with E-state index in [4.69, 9.17) is 4.74 Å². The molecule has 1 aromatic heterocycles. The van der Waals surface area contributed by atoms with Gasteiger partial charge < -0.3 is 4.74 Å². The molecule has 19 heavy (non-hydrogen) atoms. The normalized spacial score (nSPS) is 12.7. The van der Waals surface area contributed by atoms with E-state index in [0.717, 1.165) is 16.8 Å². The van der Waals surface area contributed by atoms with E-state index in [2.05, 4.69) is 64.4 Å². The maximum absolute atomic E-state index is 5.25. The molecule has 0 bridgehead atoms. The lowest BCUT2D eigenvalue weighted by atomic mass is 10.1. The van der Waals surface area contributed by atoms with Crippen molar-refractivity contribution in [2.24, 2.45) is 0 Å². The third-order valence-corrected chi connectivity index (χ3v) is 4.93. The Labute approximate surface area is 127 Å². The summed E-state index contributed by atoms with van der Waals surface area (Å²) >= 11 is 5.34. The van der Waals surface area contributed by atoms with Crippen LogP contribution >= 0.6 is 27.3 Å². The van der Waals surface area contributed by atoms with Crippen LogP contribution in [0.4, 0.5) is 0 Å². The third kappa shape index (κ3) is 3.59. The van der Waals surface area contributed by atoms with E-state index in [1.165, 1.54) is 10.4 Å². The minimum atomic E-state index is 0.431. The van der Waals surface area contributed by atoms with Gasteiger partial charge in [0.25, 0.3) is 0 Å². The van der Waals surface area contributed by atoms with Gasteiger partial charge in [0.2, 0.25) is 0 Å². The molecule has 1 atom stereocenters. The zero-order chi connectivity index (χ0) is 13.8. The predicted molar refractivity (Wildman–Crippen MR) is 84.9 cm³/mol. The summed E-state index contributed by atoms with van der Waals surface area (Å²) in [6.07, 6.45) is 0. The maximum Gasteiger partial charge on any atom is 0.133 e. The summed E-state index contributed by atoms with van der Waals surface area (Å²) in [6.45, 7) is 3.16. The first kappa shape index (κ1) is 14.6. The van der Waals surface area contributed by atoms with Gasteiger partial charge >= 0.3 is 0 Å². The maximum atomic E-state index is 5.25. The first-order valence-corrected chi connectivity index (χ1v) is 7.85. The Balaban J connectivity index is 2.06. The molecule has 0 aliphatic rings. The molecule has 0 N–H and O–H groups in total. The highest BCUT2D eigenvalue weighted by Crippen LogP contribution is 2.28. The lowest BCUT2D eigenvalue weighted by molar-refractivity contribution is 0.256. The number of benzene rings is 1. The quantitative estimate of drug-likeness (QED) is 0.781. The van der Waals surface area contributed by atoms with Gasteiger partial charge in [-0.25, -0.2) is 0 Å². The van der Waals surface area contributed by atoms with Crippen molar-refractivity contribution in [2.75, 3.05) is 14.2 Å². The van der Waals surface area contributed by atoms with E-state index >= 15 is 0 Å². The molecular formula is C15H18BrNOS. The van der Waals surface area contributed by atoms with Gasteiger partial charge in [-0.3, -0.25) is 4.90 Å². The largest absolute Gasteiger partial charge is 0.496 e. The fraction of sp³-hybridized carbons (Fsp3) is 0.333. The molecule has 102 valence electrons. The summed E-state index contributed by atoms with van der Waals surface area (Å²) in [5.41, 5.74) is 1.28. The molecular weight excluding hydrogens is 322 g/mol. The van der Waals surface area contributed by atoms with Gasteiger partial charge in [0, 0.05) is 17.5 Å². The van der Waals surface area contributed by atoms with Crippen molar-refractivity contribution in [3.05, 3.63) is 50.6 Å². The molecule has 2 rings (SSSR count). The Morgan fingerprint density at radius 1 is 1.37 bits per heavy atom. The zero-order valence-electron chi connectivity index (χ0n) is 11.4. The van der Waals surface area contributed by atoms with Crippen molar-refractivity contribution < 1.29 is 4.74 Å². The van der Waals surface area contributed by atoms with Crippen LogP contribution in [0.25, 0.3) is 0 Å². The zero-order valence-corrected chi connectivity index (χ0v) is 13.8. The van der Waals surface area contributed by atoms with E-state index in [9.17, 15) is 0 Å². The van der Waals surface area contributed by atoms with Crippen molar-refractivity contribution in [3.8, 4) is 5.75 Å². The minimum Gasteiger partial charge on any atom is -0.496 e. The second-order valence-electron chi connectivity index (χ2n) is 4.58. The van der Waals surface area contributed by atoms with E-state index in [1.54, 1.807) is 7.11 Å². The van der Waals surface area contributed by atoms with E-state index in [-0.39, 0.29) is 0 Å². The van der Waals surface area contributed by atoms with Gasteiger partial charge in [-0.05, 0) is 59.0 Å². The average molecular weight is 340 g/mol. The van der Waals surface area contributed by atoms with Gasteiger partial charge in [-0.2, -0.15) is 0 Å². The Kier molecular flexibility index (Phi) is 5.02. The Hall–Kier alpha value is -0.840. The minimum absolute atomic E-state index is 0.431. The number of ether oxygens (including phenoxy) is 1. The van der Waals surface area contributed by atoms with E-state index in [0.29, 0.717) is 6.04 Å². The van der Waals surface area contributed by atoms with Crippen LogP contribution in [0.15, 0.2) is 40.2 Å². The molecule has 1 heterocycles. The number of hydrogen-bond acceptors (Lipinski definition) is 3. The van der Waals surface area contributed by atoms with Gasteiger partial charge in [0.05, 0.1) is 11.6 Å². The highest BCUT2D eigenvalue weighted by Gasteiger charge is 2.13. The van der Waals surface area contributed by atoms with Crippen molar-refractivity contribution in [1.29, 1.82) is 0 Å². The lowest BCUT2D eigenvalue weighted by Gasteiger charge is -2.24. The fourth-order valence-corrected chi connectivity index (χ4v) is 3.42. The molecule has 0 saturated heterocycles. The first-order chi connectivity index (χ1) is 9.11. The average Bonchev–Trinajstić information content (AvgIpc) is 2.92. The smallest absolute Gasteiger partial charge is 0.133 e. The van der Waals surface area contributed by atoms with Crippen LogP contribution < -0.4 is 4.74 Å². The first-order valence-electron chi connectivity index (χ1n) is 6.18. The van der Waals surface area contributed by atoms with Crippen LogP contribution in [-0.2, 0) is 6.54 Å². The molecule has 0 amide bonds. The Morgan fingerprint density at radius 2 is 2.16 bits per heavy atom. The van der Waals surface area contributed by atoms with Crippen LogP contribution in [0.3, 0.4) is 0 Å². The molecule has 0 aliphatic heterocycles. The number of nitrogens with zero attached hydrogens (tertiary/aromatic N) is 1. The molecule has 2 aromatic rings. The van der Waals surface area contributed by atoms with Crippen molar-refractivity contribution in [1.82, 2.24) is 4.90 Å². The molecule has 0 saturated carbocycles. The number of methoxy groups -OCH3 is 1. The monoisotopic (exact) mass is 339 g/mol. The molecule has 0 spiro atoms. The highest BCUT2D eigenvalue weighted by molar-refractivity contribution is 9.10. The summed E-state index contributed by atoms with van der Waals surface area (Å²) in [6, 6.07) is 11.0. The number of halogens is 1. The molecule has 0 radical (unpaired) electrons. The van der Waals surface area contributed by atoms with Gasteiger partial charge in [0.1, 0.15) is 5.75 Å². The summed E-state index contributed by atoms with van der Waals surface area (Å²) in [7, 11) is 3.84. The second-order valence-corrected chi connectivity index (χ2v) is 6.41. The summed E-state index contributed by atoms with van der Waals surface area (Å²) in [5.74, 6) is 0.873. The van der Waals surface area contributed by atoms with Gasteiger partial charge in [-0.1, -0.05) is 12.1 Å². The summed E-state index contributed by atoms with van der Waals surface area (Å²) in [4.78, 5) is 3.75. The SMILES string of the molecule is COc1ccc(CN(C)C(C)c2cccs2)cc1Br. The van der Waals surface area contributed by atoms with Crippen LogP contribution in [0, 0.1) is 0 Å².